The molecule has 2 aromatic heterocycles. The second-order valence-electron chi connectivity index (χ2n) is 6.16. The van der Waals surface area contributed by atoms with Gasteiger partial charge in [0.2, 0.25) is 0 Å². The van der Waals surface area contributed by atoms with Gasteiger partial charge in [-0.3, -0.25) is 4.79 Å². The van der Waals surface area contributed by atoms with Crippen molar-refractivity contribution in [3.05, 3.63) is 59.6 Å². The van der Waals surface area contributed by atoms with Crippen molar-refractivity contribution in [1.82, 2.24) is 14.7 Å². The van der Waals surface area contributed by atoms with E-state index in [9.17, 15) is 9.90 Å². The van der Waals surface area contributed by atoms with Crippen LogP contribution in [0.5, 0.6) is 0 Å². The first-order chi connectivity index (χ1) is 12.2. The third-order valence-electron chi connectivity index (χ3n) is 4.45. The molecule has 0 aliphatic carbocycles. The SMILES string of the molecule is O=C(c1cc(-c2cccs2)nn1-c1ccccc1)N1CCC(O)CC1. The maximum absolute atomic E-state index is 13.1. The predicted molar refractivity (Wildman–Crippen MR) is 98.0 cm³/mol. The number of thiophene rings is 1. The van der Waals surface area contributed by atoms with E-state index < -0.39 is 0 Å². The standard InChI is InChI=1S/C19H19N3O2S/c23-15-8-10-21(11-9-15)19(24)17-13-16(18-7-4-12-25-18)20-22(17)14-5-2-1-3-6-14/h1-7,12-13,15,23H,8-11H2. The molecule has 128 valence electrons. The van der Waals surface area contributed by atoms with Gasteiger partial charge in [-0.2, -0.15) is 5.10 Å². The van der Waals surface area contributed by atoms with E-state index in [0.29, 0.717) is 31.6 Å². The van der Waals surface area contributed by atoms with Gasteiger partial charge in [0.15, 0.2) is 0 Å². The first kappa shape index (κ1) is 16.1. The summed E-state index contributed by atoms with van der Waals surface area (Å²) in [6.45, 7) is 1.16. The largest absolute Gasteiger partial charge is 0.393 e. The minimum absolute atomic E-state index is 0.0361. The summed E-state index contributed by atoms with van der Waals surface area (Å²) in [6, 6.07) is 15.6. The van der Waals surface area contributed by atoms with E-state index in [0.717, 1.165) is 16.3 Å². The van der Waals surface area contributed by atoms with Crippen LogP contribution in [0.3, 0.4) is 0 Å². The predicted octanol–water partition coefficient (Wildman–Crippen LogP) is 3.20. The number of hydrogen-bond donors (Lipinski definition) is 1. The molecule has 1 aliphatic heterocycles. The summed E-state index contributed by atoms with van der Waals surface area (Å²) < 4.78 is 1.72. The Morgan fingerprint density at radius 2 is 1.88 bits per heavy atom. The maximum Gasteiger partial charge on any atom is 0.272 e. The average molecular weight is 353 g/mol. The van der Waals surface area contributed by atoms with Crippen LogP contribution in [0.4, 0.5) is 0 Å². The maximum atomic E-state index is 13.1. The van der Waals surface area contributed by atoms with Gasteiger partial charge >= 0.3 is 0 Å². The van der Waals surface area contributed by atoms with Crippen LogP contribution in [0.25, 0.3) is 16.3 Å². The molecule has 1 saturated heterocycles. The molecule has 4 rings (SSSR count). The average Bonchev–Trinajstić information content (AvgIpc) is 3.32. The number of rotatable bonds is 3. The summed E-state index contributed by atoms with van der Waals surface area (Å²) in [5.74, 6) is -0.0361. The molecule has 25 heavy (non-hydrogen) atoms. The van der Waals surface area contributed by atoms with E-state index in [1.54, 1.807) is 20.9 Å². The number of carbonyl (C=O) groups excluding carboxylic acids is 1. The number of aromatic nitrogens is 2. The molecule has 0 saturated carbocycles. The number of amides is 1. The molecule has 1 aliphatic rings. The Morgan fingerprint density at radius 3 is 2.56 bits per heavy atom. The number of aliphatic hydroxyl groups excluding tert-OH is 1. The summed E-state index contributed by atoms with van der Waals surface area (Å²) >= 11 is 1.61. The van der Waals surface area contributed by atoms with Gasteiger partial charge in [-0.25, -0.2) is 4.68 Å². The highest BCUT2D eigenvalue weighted by molar-refractivity contribution is 7.13. The monoisotopic (exact) mass is 353 g/mol. The van der Waals surface area contributed by atoms with Crippen molar-refractivity contribution in [2.24, 2.45) is 0 Å². The molecule has 1 fully saturated rings. The zero-order valence-corrected chi connectivity index (χ0v) is 14.5. The number of nitrogens with zero attached hydrogens (tertiary/aromatic N) is 3. The Hall–Kier alpha value is -2.44. The molecular weight excluding hydrogens is 334 g/mol. The van der Waals surface area contributed by atoms with Crippen LogP contribution in [0.15, 0.2) is 53.9 Å². The molecule has 0 radical (unpaired) electrons. The minimum Gasteiger partial charge on any atom is -0.393 e. The smallest absolute Gasteiger partial charge is 0.272 e. The fourth-order valence-corrected chi connectivity index (χ4v) is 3.76. The van der Waals surface area contributed by atoms with Gasteiger partial charge in [0, 0.05) is 13.1 Å². The van der Waals surface area contributed by atoms with Gasteiger partial charge in [0.05, 0.1) is 16.7 Å². The molecule has 1 N–H and O–H groups in total. The second kappa shape index (κ2) is 6.82. The fraction of sp³-hybridized carbons (Fsp3) is 0.263. The third kappa shape index (κ3) is 3.23. The van der Waals surface area contributed by atoms with Crippen LogP contribution in [0.1, 0.15) is 23.3 Å². The lowest BCUT2D eigenvalue weighted by molar-refractivity contribution is 0.0539. The van der Waals surface area contributed by atoms with Crippen molar-refractivity contribution < 1.29 is 9.90 Å². The van der Waals surface area contributed by atoms with Crippen LogP contribution in [0, 0.1) is 0 Å². The first-order valence-electron chi connectivity index (χ1n) is 8.39. The zero-order chi connectivity index (χ0) is 17.2. The zero-order valence-electron chi connectivity index (χ0n) is 13.7. The quantitative estimate of drug-likeness (QED) is 0.787. The van der Waals surface area contributed by atoms with E-state index >= 15 is 0 Å². The lowest BCUT2D eigenvalue weighted by Crippen LogP contribution is -2.40. The molecule has 1 amide bonds. The van der Waals surface area contributed by atoms with Crippen molar-refractivity contribution >= 4 is 17.2 Å². The number of para-hydroxylation sites is 1. The van der Waals surface area contributed by atoms with Crippen molar-refractivity contribution in [2.45, 2.75) is 18.9 Å². The lowest BCUT2D eigenvalue weighted by atomic mass is 10.1. The van der Waals surface area contributed by atoms with E-state index in [2.05, 4.69) is 5.10 Å². The Labute approximate surface area is 150 Å². The second-order valence-corrected chi connectivity index (χ2v) is 7.11. The van der Waals surface area contributed by atoms with Crippen LogP contribution in [-0.2, 0) is 0 Å². The molecule has 0 unspecified atom stereocenters. The summed E-state index contributed by atoms with van der Waals surface area (Å²) in [7, 11) is 0. The molecule has 3 aromatic rings. The van der Waals surface area contributed by atoms with E-state index in [1.807, 2.05) is 53.9 Å². The number of carbonyl (C=O) groups is 1. The summed E-state index contributed by atoms with van der Waals surface area (Å²) in [4.78, 5) is 15.9. The van der Waals surface area contributed by atoms with Crippen molar-refractivity contribution in [3.63, 3.8) is 0 Å². The molecule has 5 nitrogen and oxygen atoms in total. The van der Waals surface area contributed by atoms with Gasteiger partial charge < -0.3 is 10.0 Å². The minimum atomic E-state index is -0.301. The van der Waals surface area contributed by atoms with Crippen molar-refractivity contribution in [1.29, 1.82) is 0 Å². The van der Waals surface area contributed by atoms with Crippen molar-refractivity contribution in [3.8, 4) is 16.3 Å². The summed E-state index contributed by atoms with van der Waals surface area (Å²) in [5.41, 5.74) is 2.23. The molecular formula is C19H19N3O2S. The van der Waals surface area contributed by atoms with Crippen molar-refractivity contribution in [2.75, 3.05) is 13.1 Å². The highest BCUT2D eigenvalue weighted by atomic mass is 32.1. The fourth-order valence-electron chi connectivity index (χ4n) is 3.08. The van der Waals surface area contributed by atoms with Crippen LogP contribution >= 0.6 is 11.3 Å². The van der Waals surface area contributed by atoms with Gasteiger partial charge in [0.25, 0.3) is 5.91 Å². The van der Waals surface area contributed by atoms with E-state index in [1.165, 1.54) is 0 Å². The van der Waals surface area contributed by atoms with Gasteiger partial charge in [0.1, 0.15) is 11.4 Å². The van der Waals surface area contributed by atoms with Gasteiger partial charge in [-0.05, 0) is 42.5 Å². The van der Waals surface area contributed by atoms with Gasteiger partial charge in [-0.1, -0.05) is 24.3 Å². The Balaban J connectivity index is 1.73. The van der Waals surface area contributed by atoms with E-state index in [4.69, 9.17) is 0 Å². The molecule has 3 heterocycles. The highest BCUT2D eigenvalue weighted by Crippen LogP contribution is 2.27. The first-order valence-corrected chi connectivity index (χ1v) is 9.27. The highest BCUT2D eigenvalue weighted by Gasteiger charge is 2.26. The molecule has 0 spiro atoms. The molecule has 0 atom stereocenters. The molecule has 0 bridgehead atoms. The Morgan fingerprint density at radius 1 is 1.12 bits per heavy atom. The number of benzene rings is 1. The van der Waals surface area contributed by atoms with Crippen LogP contribution in [-0.4, -0.2) is 44.9 Å². The third-order valence-corrected chi connectivity index (χ3v) is 5.35. The van der Waals surface area contributed by atoms with Crippen LogP contribution in [0.2, 0.25) is 0 Å². The Bertz CT molecular complexity index is 850. The van der Waals surface area contributed by atoms with E-state index in [-0.39, 0.29) is 12.0 Å². The van der Waals surface area contributed by atoms with Gasteiger partial charge in [-0.15, -0.1) is 11.3 Å². The number of hydrogen-bond acceptors (Lipinski definition) is 4. The lowest BCUT2D eigenvalue weighted by Gasteiger charge is -2.29. The normalized spacial score (nSPS) is 15.5. The van der Waals surface area contributed by atoms with Crippen LogP contribution < -0.4 is 0 Å². The molecule has 1 aromatic carbocycles. The molecule has 6 heteroatoms. The number of likely N-dealkylation sites (tertiary alicyclic amines) is 1. The number of aliphatic hydroxyl groups is 1. The topological polar surface area (TPSA) is 58.4 Å². The summed E-state index contributed by atoms with van der Waals surface area (Å²) in [6.07, 6.45) is 0.955. The Kier molecular flexibility index (Phi) is 4.38. The number of piperidine rings is 1. The summed E-state index contributed by atoms with van der Waals surface area (Å²) in [5, 5.41) is 16.4.